The van der Waals surface area contributed by atoms with Crippen LogP contribution in [0.5, 0.6) is 11.5 Å². The second-order valence-electron chi connectivity index (χ2n) is 11.6. The summed E-state index contributed by atoms with van der Waals surface area (Å²) < 4.78 is 24.3. The summed E-state index contributed by atoms with van der Waals surface area (Å²) in [6, 6.07) is 15.9. The molecule has 4 atom stereocenters. The van der Waals surface area contributed by atoms with Crippen LogP contribution in [-0.4, -0.2) is 62.1 Å². The minimum atomic E-state index is -0.730. The van der Waals surface area contributed by atoms with Crippen molar-refractivity contribution in [1.29, 1.82) is 0 Å². The van der Waals surface area contributed by atoms with E-state index in [1.54, 1.807) is 0 Å². The van der Waals surface area contributed by atoms with Gasteiger partial charge in [-0.25, -0.2) is 0 Å². The van der Waals surface area contributed by atoms with Crippen molar-refractivity contribution < 1.29 is 29.2 Å². The molecule has 4 unspecified atom stereocenters. The summed E-state index contributed by atoms with van der Waals surface area (Å²) in [6.45, 7) is 10.9. The standard InChI is InChI=1S/C36H54O6/c1-5-9-15-27(7-3)21-39-23-29(37)25-41-35-31-17-11-13-19-33(31)36(34-20-14-12-18-32(34)35)42-26-30(38)24-40-22-28(8-4)16-10-6-2/h11-14,17-20,27-30,37-38H,5-10,15-16,21-26H2,1-4H3. The zero-order valence-corrected chi connectivity index (χ0v) is 26.4. The Morgan fingerprint density at radius 2 is 0.881 bits per heavy atom. The van der Waals surface area contributed by atoms with Crippen molar-refractivity contribution in [1.82, 2.24) is 0 Å². The number of fused-ring (bicyclic) bond motifs is 2. The van der Waals surface area contributed by atoms with Gasteiger partial charge in [-0.1, -0.05) is 115 Å². The molecule has 6 nitrogen and oxygen atoms in total. The lowest BCUT2D eigenvalue weighted by Gasteiger charge is -2.21. The van der Waals surface area contributed by atoms with E-state index in [1.165, 1.54) is 25.7 Å². The zero-order chi connectivity index (χ0) is 30.2. The number of aliphatic hydroxyl groups excluding tert-OH is 2. The van der Waals surface area contributed by atoms with Crippen LogP contribution in [0.3, 0.4) is 0 Å². The molecule has 0 saturated heterocycles. The van der Waals surface area contributed by atoms with Crippen molar-refractivity contribution >= 4 is 21.5 Å². The van der Waals surface area contributed by atoms with Gasteiger partial charge in [-0.3, -0.25) is 0 Å². The van der Waals surface area contributed by atoms with E-state index in [0.717, 1.165) is 47.2 Å². The molecule has 0 aliphatic carbocycles. The van der Waals surface area contributed by atoms with Crippen molar-refractivity contribution in [2.75, 3.05) is 39.6 Å². The number of benzene rings is 3. The van der Waals surface area contributed by atoms with Crippen molar-refractivity contribution in [3.8, 4) is 11.5 Å². The largest absolute Gasteiger partial charge is 0.489 e. The minimum absolute atomic E-state index is 0.132. The SMILES string of the molecule is CCCCC(CC)COCC(O)COc1c2ccccc2c(OCC(O)COCC(CC)CCCC)c2ccccc12. The summed E-state index contributed by atoms with van der Waals surface area (Å²) in [4.78, 5) is 0. The van der Waals surface area contributed by atoms with E-state index in [1.807, 2.05) is 48.5 Å². The van der Waals surface area contributed by atoms with Gasteiger partial charge >= 0.3 is 0 Å². The molecule has 6 heteroatoms. The number of unbranched alkanes of at least 4 members (excludes halogenated alkanes) is 2. The van der Waals surface area contributed by atoms with Crippen LogP contribution < -0.4 is 9.47 Å². The fourth-order valence-electron chi connectivity index (χ4n) is 5.35. The molecule has 0 fully saturated rings. The van der Waals surface area contributed by atoms with Gasteiger partial charge in [-0.2, -0.15) is 0 Å². The fourth-order valence-corrected chi connectivity index (χ4v) is 5.35. The molecule has 0 aliphatic heterocycles. The Morgan fingerprint density at radius 3 is 1.19 bits per heavy atom. The average Bonchev–Trinajstić information content (AvgIpc) is 3.02. The smallest absolute Gasteiger partial charge is 0.135 e. The highest BCUT2D eigenvalue weighted by Gasteiger charge is 2.19. The maximum atomic E-state index is 10.7. The Kier molecular flexibility index (Phi) is 15.4. The molecule has 3 aromatic carbocycles. The van der Waals surface area contributed by atoms with Gasteiger partial charge in [0.15, 0.2) is 0 Å². The van der Waals surface area contributed by atoms with Crippen LogP contribution in [0.2, 0.25) is 0 Å². The summed E-state index contributed by atoms with van der Waals surface area (Å²) >= 11 is 0. The van der Waals surface area contributed by atoms with Gasteiger partial charge in [0.2, 0.25) is 0 Å². The molecule has 0 amide bonds. The predicted molar refractivity (Wildman–Crippen MR) is 173 cm³/mol. The third-order valence-corrected chi connectivity index (χ3v) is 8.09. The van der Waals surface area contributed by atoms with Crippen molar-refractivity contribution in [3.05, 3.63) is 48.5 Å². The van der Waals surface area contributed by atoms with Crippen molar-refractivity contribution in [2.24, 2.45) is 11.8 Å². The molecule has 42 heavy (non-hydrogen) atoms. The third-order valence-electron chi connectivity index (χ3n) is 8.09. The summed E-state index contributed by atoms with van der Waals surface area (Å²) in [5, 5.41) is 24.9. The summed E-state index contributed by atoms with van der Waals surface area (Å²) in [5.74, 6) is 2.48. The molecular weight excluding hydrogens is 528 g/mol. The fraction of sp³-hybridized carbons (Fsp3) is 0.611. The van der Waals surface area contributed by atoms with Gasteiger partial charge in [0, 0.05) is 34.8 Å². The van der Waals surface area contributed by atoms with E-state index in [0.29, 0.717) is 36.5 Å². The van der Waals surface area contributed by atoms with E-state index in [2.05, 4.69) is 27.7 Å². The maximum absolute atomic E-state index is 10.7. The van der Waals surface area contributed by atoms with Crippen LogP contribution in [0, 0.1) is 11.8 Å². The van der Waals surface area contributed by atoms with Crippen LogP contribution in [-0.2, 0) is 9.47 Å². The van der Waals surface area contributed by atoms with Gasteiger partial charge in [0.25, 0.3) is 0 Å². The van der Waals surface area contributed by atoms with Gasteiger partial charge in [0.1, 0.15) is 36.9 Å². The highest BCUT2D eigenvalue weighted by Crippen LogP contribution is 2.42. The first-order valence-corrected chi connectivity index (χ1v) is 16.2. The van der Waals surface area contributed by atoms with Crippen LogP contribution in [0.25, 0.3) is 21.5 Å². The number of hydrogen-bond acceptors (Lipinski definition) is 6. The number of ether oxygens (including phenoxy) is 4. The molecule has 3 aromatic rings. The highest BCUT2D eigenvalue weighted by atomic mass is 16.5. The van der Waals surface area contributed by atoms with E-state index < -0.39 is 12.2 Å². The van der Waals surface area contributed by atoms with E-state index in [-0.39, 0.29) is 26.4 Å². The molecule has 0 saturated carbocycles. The molecule has 0 aliphatic rings. The number of aliphatic hydroxyl groups is 2. The second-order valence-corrected chi connectivity index (χ2v) is 11.6. The monoisotopic (exact) mass is 582 g/mol. The minimum Gasteiger partial charge on any atom is -0.489 e. The summed E-state index contributed by atoms with van der Waals surface area (Å²) in [6.07, 6.45) is 7.82. The van der Waals surface area contributed by atoms with Gasteiger partial charge in [-0.15, -0.1) is 0 Å². The highest BCUT2D eigenvalue weighted by molar-refractivity contribution is 6.11. The average molecular weight is 583 g/mol. The van der Waals surface area contributed by atoms with Crippen LogP contribution in [0.4, 0.5) is 0 Å². The zero-order valence-electron chi connectivity index (χ0n) is 26.4. The van der Waals surface area contributed by atoms with Gasteiger partial charge in [0.05, 0.1) is 13.2 Å². The second kappa shape index (κ2) is 19.0. The Bertz CT molecular complexity index is 1020. The molecule has 2 N–H and O–H groups in total. The lowest BCUT2D eigenvalue weighted by Crippen LogP contribution is -2.25. The Labute approximate surface area is 253 Å². The third kappa shape index (κ3) is 10.4. The Balaban J connectivity index is 1.66. The predicted octanol–water partition coefficient (Wildman–Crippen LogP) is 7.94. The summed E-state index contributed by atoms with van der Waals surface area (Å²) in [5.41, 5.74) is 0. The first kappa shape index (κ1) is 34.1. The number of rotatable bonds is 22. The molecule has 234 valence electrons. The topological polar surface area (TPSA) is 77.4 Å². The quantitative estimate of drug-likeness (QED) is 0.117. The van der Waals surface area contributed by atoms with Gasteiger partial charge in [-0.05, 0) is 24.7 Å². The summed E-state index contributed by atoms with van der Waals surface area (Å²) in [7, 11) is 0. The molecule has 3 rings (SSSR count). The number of hydrogen-bond donors (Lipinski definition) is 2. The van der Waals surface area contributed by atoms with E-state index >= 15 is 0 Å². The van der Waals surface area contributed by atoms with Crippen LogP contribution in [0.15, 0.2) is 48.5 Å². The van der Waals surface area contributed by atoms with Gasteiger partial charge < -0.3 is 29.2 Å². The molecule has 0 radical (unpaired) electrons. The van der Waals surface area contributed by atoms with E-state index in [4.69, 9.17) is 18.9 Å². The Morgan fingerprint density at radius 1 is 0.524 bits per heavy atom. The molecule has 0 bridgehead atoms. The first-order valence-electron chi connectivity index (χ1n) is 16.2. The lowest BCUT2D eigenvalue weighted by molar-refractivity contribution is -0.000961. The maximum Gasteiger partial charge on any atom is 0.135 e. The van der Waals surface area contributed by atoms with Crippen molar-refractivity contribution in [3.63, 3.8) is 0 Å². The lowest BCUT2D eigenvalue weighted by atomic mass is 10.0. The molecular formula is C36H54O6. The van der Waals surface area contributed by atoms with Crippen LogP contribution in [0.1, 0.15) is 79.1 Å². The molecule has 0 aromatic heterocycles. The molecule has 0 spiro atoms. The van der Waals surface area contributed by atoms with Crippen molar-refractivity contribution in [2.45, 2.75) is 91.3 Å². The normalized spacial score (nSPS) is 14.6. The Hall–Kier alpha value is -2.38. The first-order chi connectivity index (χ1) is 20.5. The van der Waals surface area contributed by atoms with Crippen LogP contribution >= 0.6 is 0 Å². The molecule has 0 heterocycles. The van der Waals surface area contributed by atoms with E-state index in [9.17, 15) is 10.2 Å².